The van der Waals surface area contributed by atoms with Gasteiger partial charge in [0.1, 0.15) is 6.10 Å². The first-order valence-electron chi connectivity index (χ1n) is 3.94. The van der Waals surface area contributed by atoms with Gasteiger partial charge in [0, 0.05) is 6.42 Å². The maximum absolute atomic E-state index is 10.3. The van der Waals surface area contributed by atoms with E-state index in [4.69, 9.17) is 0 Å². The number of hydrogen-bond donors (Lipinski definition) is 1. The number of ether oxygens (including phenoxy) is 1. The van der Waals surface area contributed by atoms with Crippen LogP contribution in [-0.2, 0) is 24.1 Å². The Balaban J connectivity index is 0. The van der Waals surface area contributed by atoms with Gasteiger partial charge in [-0.25, -0.2) is 8.42 Å². The van der Waals surface area contributed by atoms with Crippen molar-refractivity contribution in [3.05, 3.63) is 0 Å². The van der Waals surface area contributed by atoms with Crippen LogP contribution in [0.1, 0.15) is 6.42 Å². The Morgan fingerprint density at radius 2 is 1.94 bits per heavy atom. The number of hydrogen-bond acceptors (Lipinski definition) is 8. The largest absolute Gasteiger partial charge is 1.00 e. The van der Waals surface area contributed by atoms with E-state index in [1.165, 1.54) is 0 Å². The van der Waals surface area contributed by atoms with E-state index >= 15 is 0 Å². The van der Waals surface area contributed by atoms with Crippen LogP contribution in [0.3, 0.4) is 0 Å². The summed E-state index contributed by atoms with van der Waals surface area (Å²) < 4.78 is 39.1. The van der Waals surface area contributed by atoms with E-state index < -0.39 is 41.3 Å². The second-order valence-electron chi connectivity index (χ2n) is 2.99. The number of carboxylic acid groups (broad SMARTS) is 1. The summed E-state index contributed by atoms with van der Waals surface area (Å²) in [5, 5.41) is 19.6. The van der Waals surface area contributed by atoms with Gasteiger partial charge in [-0.1, -0.05) is 0 Å². The Hall–Kier alpha value is 1.26. The minimum atomic E-state index is -4.95. The van der Waals surface area contributed by atoms with Gasteiger partial charge >= 0.3 is 59.1 Å². The van der Waals surface area contributed by atoms with Crippen molar-refractivity contribution < 1.29 is 96.0 Å². The van der Waals surface area contributed by atoms with E-state index in [2.05, 4.69) is 8.92 Å². The molecule has 1 N–H and O–H groups in total. The van der Waals surface area contributed by atoms with Crippen molar-refractivity contribution in [1.29, 1.82) is 0 Å². The summed E-state index contributed by atoms with van der Waals surface area (Å²) in [4.78, 5) is 10.3. The zero-order valence-electron chi connectivity index (χ0n) is 9.36. The Labute approximate surface area is 142 Å². The molecule has 0 saturated carbocycles. The second-order valence-corrected chi connectivity index (χ2v) is 4.00. The van der Waals surface area contributed by atoms with E-state index in [0.717, 1.165) is 0 Å². The molecule has 0 aliphatic carbocycles. The minimum absolute atomic E-state index is 0. The molecule has 0 amide bonds. The maximum Gasteiger partial charge on any atom is 1.00 e. The van der Waals surface area contributed by atoms with Gasteiger partial charge in [-0.05, 0) is 0 Å². The third-order valence-electron chi connectivity index (χ3n) is 1.85. The van der Waals surface area contributed by atoms with Crippen LogP contribution < -0.4 is 64.2 Å². The number of carboxylic acids is 1. The fraction of sp³-hybridized carbons (Fsp3) is 0.833. The molecule has 0 spiro atoms. The SMILES string of the molecule is O=C([O-])C1C[C@@H](O)C(OS(=O)(=O)[O-])CO1.[Na+].[Na+]. The molecule has 1 aliphatic rings. The molecule has 2 unspecified atom stereocenters. The maximum atomic E-state index is 10.3. The van der Waals surface area contributed by atoms with Gasteiger partial charge in [0.05, 0.1) is 24.8 Å². The molecule has 0 bridgehead atoms. The normalized spacial score (nSPS) is 28.7. The minimum Gasteiger partial charge on any atom is -0.726 e. The van der Waals surface area contributed by atoms with Gasteiger partial charge < -0.3 is 24.3 Å². The third-order valence-corrected chi connectivity index (χ3v) is 2.33. The summed E-state index contributed by atoms with van der Waals surface area (Å²) in [5.41, 5.74) is 0. The van der Waals surface area contributed by atoms with Gasteiger partial charge in [0.25, 0.3) is 0 Å². The first-order chi connectivity index (χ1) is 6.79. The molecule has 0 aromatic carbocycles. The Kier molecular flexibility index (Phi) is 10.2. The fourth-order valence-electron chi connectivity index (χ4n) is 1.17. The smallest absolute Gasteiger partial charge is 0.726 e. The van der Waals surface area contributed by atoms with Crippen LogP contribution in [0.15, 0.2) is 0 Å². The monoisotopic (exact) mass is 286 g/mol. The first kappa shape index (κ1) is 20.6. The van der Waals surface area contributed by atoms with Crippen molar-refractivity contribution in [2.75, 3.05) is 6.61 Å². The van der Waals surface area contributed by atoms with Crippen molar-refractivity contribution in [2.45, 2.75) is 24.7 Å². The molecule has 0 aromatic rings. The summed E-state index contributed by atoms with van der Waals surface area (Å²) in [5.74, 6) is -1.52. The summed E-state index contributed by atoms with van der Waals surface area (Å²) in [6, 6.07) is 0. The summed E-state index contributed by atoms with van der Waals surface area (Å²) in [7, 11) is -4.95. The zero-order valence-corrected chi connectivity index (χ0v) is 14.2. The van der Waals surface area contributed by atoms with Crippen LogP contribution in [0, 0.1) is 0 Å². The summed E-state index contributed by atoms with van der Waals surface area (Å²) in [6.45, 7) is -0.499. The molecule has 11 heteroatoms. The first-order valence-corrected chi connectivity index (χ1v) is 5.27. The predicted octanol–water partition coefficient (Wildman–Crippen LogP) is -9.26. The topological polar surface area (TPSA) is 136 Å². The summed E-state index contributed by atoms with van der Waals surface area (Å²) in [6.07, 6.45) is -4.48. The van der Waals surface area contributed by atoms with Gasteiger partial charge in [-0.2, -0.15) is 0 Å². The van der Waals surface area contributed by atoms with Crippen LogP contribution >= 0.6 is 0 Å². The van der Waals surface area contributed by atoms with E-state index in [1.807, 2.05) is 0 Å². The number of carbonyl (C=O) groups excluding carboxylic acids is 1. The molecule has 1 aliphatic heterocycles. The van der Waals surface area contributed by atoms with Gasteiger partial charge in [0.15, 0.2) is 0 Å². The van der Waals surface area contributed by atoms with Crippen LogP contribution in [0.2, 0.25) is 0 Å². The number of aliphatic hydroxyl groups excluding tert-OH is 1. The Morgan fingerprint density at radius 1 is 1.41 bits per heavy atom. The van der Waals surface area contributed by atoms with Crippen LogP contribution in [0.5, 0.6) is 0 Å². The van der Waals surface area contributed by atoms with Gasteiger partial charge in [-0.15, -0.1) is 0 Å². The summed E-state index contributed by atoms with van der Waals surface area (Å²) >= 11 is 0. The van der Waals surface area contributed by atoms with E-state index in [0.29, 0.717) is 0 Å². The zero-order chi connectivity index (χ0) is 11.6. The predicted molar refractivity (Wildman–Crippen MR) is 39.9 cm³/mol. The molecule has 3 atom stereocenters. The average molecular weight is 286 g/mol. The number of rotatable bonds is 3. The fourth-order valence-corrected chi connectivity index (χ4v) is 1.66. The van der Waals surface area contributed by atoms with Gasteiger partial charge in [0.2, 0.25) is 10.4 Å². The molecule has 17 heavy (non-hydrogen) atoms. The van der Waals surface area contributed by atoms with Crippen molar-refractivity contribution in [2.24, 2.45) is 0 Å². The Bertz CT molecular complexity index is 344. The van der Waals surface area contributed by atoms with E-state index in [9.17, 15) is 28.0 Å². The average Bonchev–Trinajstić information content (AvgIpc) is 2.05. The molecule has 1 saturated heterocycles. The van der Waals surface area contributed by atoms with Crippen molar-refractivity contribution in [3.63, 3.8) is 0 Å². The molecule has 1 rings (SSSR count). The number of carbonyl (C=O) groups is 1. The number of aliphatic hydroxyl groups is 1. The molecule has 88 valence electrons. The molecule has 8 nitrogen and oxygen atoms in total. The quantitative estimate of drug-likeness (QED) is 0.307. The molecule has 0 aromatic heterocycles. The Morgan fingerprint density at radius 3 is 2.29 bits per heavy atom. The standard InChI is InChI=1S/C6H10O8S.2Na/c7-3-1-4(6(8)9)13-2-5(3)14-15(10,11)12;;/h3-5,7H,1-2H2,(H,8,9)(H,10,11,12);;/q;2*+1/p-2/t3-,4?,5?;;/m1../s1. The van der Waals surface area contributed by atoms with E-state index in [-0.39, 0.29) is 65.5 Å². The molecule has 1 fully saturated rings. The molecule has 0 radical (unpaired) electrons. The third kappa shape index (κ3) is 7.43. The van der Waals surface area contributed by atoms with Crippen LogP contribution in [-0.4, -0.2) is 49.0 Å². The van der Waals surface area contributed by atoms with Crippen LogP contribution in [0.4, 0.5) is 0 Å². The van der Waals surface area contributed by atoms with E-state index in [1.54, 1.807) is 0 Å². The van der Waals surface area contributed by atoms with Crippen LogP contribution in [0.25, 0.3) is 0 Å². The molecular formula is C6H8Na2O8S. The van der Waals surface area contributed by atoms with Crippen molar-refractivity contribution in [1.82, 2.24) is 0 Å². The van der Waals surface area contributed by atoms with Crippen molar-refractivity contribution >= 4 is 16.4 Å². The molecular weight excluding hydrogens is 278 g/mol. The molecule has 1 heterocycles. The van der Waals surface area contributed by atoms with Gasteiger partial charge in [-0.3, -0.25) is 4.18 Å². The number of aliphatic carboxylic acids is 1. The van der Waals surface area contributed by atoms with Crippen molar-refractivity contribution in [3.8, 4) is 0 Å². The second kappa shape index (κ2) is 8.43.